The van der Waals surface area contributed by atoms with E-state index in [1.165, 1.54) is 19.3 Å². The van der Waals surface area contributed by atoms with E-state index in [4.69, 9.17) is 5.73 Å². The highest BCUT2D eigenvalue weighted by Gasteiger charge is 2.30. The zero-order valence-corrected chi connectivity index (χ0v) is 12.6. The first-order chi connectivity index (χ1) is 9.63. The molecule has 2 unspecified atom stereocenters. The summed E-state index contributed by atoms with van der Waals surface area (Å²) in [7, 11) is 0. The van der Waals surface area contributed by atoms with Gasteiger partial charge in [-0.1, -0.05) is 32.1 Å². The maximum Gasteiger partial charge on any atom is 0.221 e. The fourth-order valence-electron chi connectivity index (χ4n) is 3.85. The Bertz CT molecular complexity index is 314. The van der Waals surface area contributed by atoms with Gasteiger partial charge in [0.25, 0.3) is 0 Å². The molecule has 0 aromatic carbocycles. The average molecular weight is 282 g/mol. The predicted octanol–water partition coefficient (Wildman–Crippen LogP) is 1.95. The van der Waals surface area contributed by atoms with Gasteiger partial charge in [0, 0.05) is 25.1 Å². The van der Waals surface area contributed by atoms with E-state index in [2.05, 4.69) is 5.32 Å². The van der Waals surface area contributed by atoms with Crippen molar-refractivity contribution in [3.63, 3.8) is 0 Å². The van der Waals surface area contributed by atoms with Crippen molar-refractivity contribution in [2.75, 3.05) is 13.2 Å². The molecule has 4 nitrogen and oxygen atoms in total. The van der Waals surface area contributed by atoms with Crippen LogP contribution in [0.2, 0.25) is 0 Å². The highest BCUT2D eigenvalue weighted by atomic mass is 16.3. The highest BCUT2D eigenvalue weighted by molar-refractivity contribution is 5.77. The molecule has 116 valence electrons. The Kier molecular flexibility index (Phi) is 5.85. The van der Waals surface area contributed by atoms with E-state index in [0.29, 0.717) is 24.8 Å². The Labute approximate surface area is 122 Å². The van der Waals surface area contributed by atoms with Crippen LogP contribution >= 0.6 is 0 Å². The minimum Gasteiger partial charge on any atom is -0.396 e. The van der Waals surface area contributed by atoms with Gasteiger partial charge in [0.1, 0.15) is 0 Å². The van der Waals surface area contributed by atoms with Crippen molar-refractivity contribution < 1.29 is 9.90 Å². The summed E-state index contributed by atoms with van der Waals surface area (Å²) in [4.78, 5) is 12.1. The molecule has 4 N–H and O–H groups in total. The van der Waals surface area contributed by atoms with Crippen LogP contribution in [0.3, 0.4) is 0 Å². The predicted molar refractivity (Wildman–Crippen MR) is 80.2 cm³/mol. The van der Waals surface area contributed by atoms with Gasteiger partial charge >= 0.3 is 0 Å². The number of carbonyl (C=O) groups excluding carboxylic acids is 1. The quantitative estimate of drug-likeness (QED) is 0.721. The van der Waals surface area contributed by atoms with Crippen molar-refractivity contribution >= 4 is 5.91 Å². The van der Waals surface area contributed by atoms with Gasteiger partial charge in [-0.25, -0.2) is 0 Å². The Balaban J connectivity index is 1.73. The third-order valence-corrected chi connectivity index (χ3v) is 5.22. The van der Waals surface area contributed by atoms with E-state index in [-0.39, 0.29) is 18.1 Å². The van der Waals surface area contributed by atoms with E-state index < -0.39 is 0 Å². The molecule has 0 radical (unpaired) electrons. The Morgan fingerprint density at radius 2 is 1.75 bits per heavy atom. The van der Waals surface area contributed by atoms with Gasteiger partial charge in [0.2, 0.25) is 5.91 Å². The topological polar surface area (TPSA) is 75.4 Å². The van der Waals surface area contributed by atoms with Crippen molar-refractivity contribution in [2.45, 2.75) is 69.7 Å². The lowest BCUT2D eigenvalue weighted by Crippen LogP contribution is -2.47. The average Bonchev–Trinajstić information content (AvgIpc) is 2.45. The van der Waals surface area contributed by atoms with E-state index in [0.717, 1.165) is 38.5 Å². The third kappa shape index (κ3) is 4.45. The molecule has 0 bridgehead atoms. The lowest BCUT2D eigenvalue weighted by molar-refractivity contribution is -0.122. The first-order valence-corrected chi connectivity index (χ1v) is 8.29. The number of rotatable bonds is 5. The van der Waals surface area contributed by atoms with Crippen LogP contribution in [0.25, 0.3) is 0 Å². The number of hydrogen-bond donors (Lipinski definition) is 3. The first-order valence-electron chi connectivity index (χ1n) is 8.29. The SMILES string of the molecule is NC1(CC(=O)NCC2CCCCC2CO)CCCCC1. The van der Waals surface area contributed by atoms with E-state index >= 15 is 0 Å². The second-order valence-electron chi connectivity index (χ2n) is 6.89. The molecule has 0 aliphatic heterocycles. The van der Waals surface area contributed by atoms with Crippen LogP contribution in [0.4, 0.5) is 0 Å². The van der Waals surface area contributed by atoms with Crippen LogP contribution in [0, 0.1) is 11.8 Å². The first kappa shape index (κ1) is 15.8. The normalized spacial score (nSPS) is 29.9. The number of amides is 1. The van der Waals surface area contributed by atoms with Crippen LogP contribution in [0.5, 0.6) is 0 Å². The summed E-state index contributed by atoms with van der Waals surface area (Å²) in [6.07, 6.45) is 10.6. The molecule has 0 saturated heterocycles. The van der Waals surface area contributed by atoms with Crippen molar-refractivity contribution in [1.82, 2.24) is 5.32 Å². The summed E-state index contributed by atoms with van der Waals surface area (Å²) in [6, 6.07) is 0. The minimum absolute atomic E-state index is 0.0941. The summed E-state index contributed by atoms with van der Waals surface area (Å²) < 4.78 is 0. The lowest BCUT2D eigenvalue weighted by atomic mass is 9.79. The molecule has 2 rings (SSSR count). The fraction of sp³-hybridized carbons (Fsp3) is 0.938. The van der Waals surface area contributed by atoms with Crippen LogP contribution in [-0.4, -0.2) is 29.7 Å². The molecule has 1 amide bonds. The Hall–Kier alpha value is -0.610. The molecule has 2 aliphatic carbocycles. The second kappa shape index (κ2) is 7.41. The molecule has 4 heteroatoms. The Morgan fingerprint density at radius 3 is 2.40 bits per heavy atom. The molecule has 0 heterocycles. The summed E-state index contributed by atoms with van der Waals surface area (Å²) in [5.41, 5.74) is 6.05. The monoisotopic (exact) mass is 282 g/mol. The molecule has 0 aromatic rings. The van der Waals surface area contributed by atoms with Gasteiger partial charge in [0.15, 0.2) is 0 Å². The van der Waals surface area contributed by atoms with Gasteiger partial charge < -0.3 is 16.2 Å². The summed E-state index contributed by atoms with van der Waals surface area (Å²) in [5.74, 6) is 0.903. The zero-order valence-electron chi connectivity index (χ0n) is 12.6. The second-order valence-corrected chi connectivity index (χ2v) is 6.89. The van der Waals surface area contributed by atoms with Crippen molar-refractivity contribution in [2.24, 2.45) is 17.6 Å². The van der Waals surface area contributed by atoms with E-state index in [1.54, 1.807) is 0 Å². The number of nitrogens with one attached hydrogen (secondary N) is 1. The zero-order chi connectivity index (χ0) is 14.4. The van der Waals surface area contributed by atoms with Crippen molar-refractivity contribution in [3.8, 4) is 0 Å². The number of carbonyl (C=O) groups is 1. The maximum atomic E-state index is 12.1. The number of aliphatic hydroxyl groups excluding tert-OH is 1. The summed E-state index contributed by atoms with van der Waals surface area (Å²) in [5, 5.41) is 12.5. The van der Waals surface area contributed by atoms with Crippen molar-refractivity contribution in [1.29, 1.82) is 0 Å². The van der Waals surface area contributed by atoms with Gasteiger partial charge in [-0.15, -0.1) is 0 Å². The van der Waals surface area contributed by atoms with Crippen LogP contribution in [-0.2, 0) is 4.79 Å². The minimum atomic E-state index is -0.273. The van der Waals surface area contributed by atoms with Gasteiger partial charge in [-0.05, 0) is 37.5 Å². The third-order valence-electron chi connectivity index (χ3n) is 5.22. The fourth-order valence-corrected chi connectivity index (χ4v) is 3.85. The largest absolute Gasteiger partial charge is 0.396 e. The molecule has 0 spiro atoms. The van der Waals surface area contributed by atoms with Gasteiger partial charge in [-0.3, -0.25) is 4.79 Å². The molecular weight excluding hydrogens is 252 g/mol. The highest BCUT2D eigenvalue weighted by Crippen LogP contribution is 2.30. The number of hydrogen-bond acceptors (Lipinski definition) is 3. The van der Waals surface area contributed by atoms with Gasteiger partial charge in [-0.2, -0.15) is 0 Å². The Morgan fingerprint density at radius 1 is 1.10 bits per heavy atom. The summed E-state index contributed by atoms with van der Waals surface area (Å²) >= 11 is 0. The number of aliphatic hydroxyl groups is 1. The molecule has 20 heavy (non-hydrogen) atoms. The molecule has 0 aromatic heterocycles. The maximum absolute atomic E-state index is 12.1. The summed E-state index contributed by atoms with van der Waals surface area (Å²) in [6.45, 7) is 0.960. The lowest BCUT2D eigenvalue weighted by Gasteiger charge is -2.34. The van der Waals surface area contributed by atoms with Crippen LogP contribution in [0.1, 0.15) is 64.2 Å². The molecule has 2 aliphatic rings. The molecule has 2 saturated carbocycles. The van der Waals surface area contributed by atoms with E-state index in [9.17, 15) is 9.90 Å². The van der Waals surface area contributed by atoms with Crippen LogP contribution in [0.15, 0.2) is 0 Å². The van der Waals surface area contributed by atoms with Crippen molar-refractivity contribution in [3.05, 3.63) is 0 Å². The number of nitrogens with two attached hydrogens (primary N) is 1. The molecular formula is C16H30N2O2. The smallest absolute Gasteiger partial charge is 0.221 e. The standard InChI is InChI=1S/C16H30N2O2/c17-16(8-4-1-5-9-16)10-15(20)18-11-13-6-2-3-7-14(13)12-19/h13-14,19H,1-12,17H2,(H,18,20). The van der Waals surface area contributed by atoms with E-state index in [1.807, 2.05) is 0 Å². The van der Waals surface area contributed by atoms with Gasteiger partial charge in [0.05, 0.1) is 0 Å². The molecule has 2 atom stereocenters. The molecule has 2 fully saturated rings. The van der Waals surface area contributed by atoms with Crippen LogP contribution < -0.4 is 11.1 Å².